The number of H-pyrrole nitrogens is 1. The summed E-state index contributed by atoms with van der Waals surface area (Å²) in [5, 5.41) is 11.4. The minimum Gasteiger partial charge on any atom is -0.386 e. The number of carbonyl (C=O) groups is 1. The Morgan fingerprint density at radius 3 is 2.43 bits per heavy atom. The normalized spacial score (nSPS) is 12.1. The maximum atomic E-state index is 13.0. The Labute approximate surface area is 212 Å². The number of rotatable bonds is 4. The average Bonchev–Trinajstić information content (AvgIpc) is 3.46. The zero-order chi connectivity index (χ0) is 26.1. The van der Waals surface area contributed by atoms with Crippen molar-refractivity contribution in [3.8, 4) is 16.9 Å². The number of aromatic nitrogens is 3. The van der Waals surface area contributed by atoms with E-state index in [4.69, 9.17) is 5.73 Å². The number of nitrogens with two attached hydrogens (primary N) is 1. The third kappa shape index (κ3) is 3.47. The molecule has 0 aliphatic heterocycles. The van der Waals surface area contributed by atoms with Gasteiger partial charge >= 0.3 is 0 Å². The number of benzene rings is 3. The summed E-state index contributed by atoms with van der Waals surface area (Å²) in [6.45, 7) is 5.43. The SMILES string of the molecule is Cc1c(-c2ccc3c(=O)[nH]c4cc(C(C)(C)O)ccc4n23)cccc1-n1c(C(N)=O)cc2ccccc21. The maximum Gasteiger partial charge on any atom is 0.272 e. The average molecular weight is 491 g/mol. The van der Waals surface area contributed by atoms with Crippen LogP contribution < -0.4 is 11.3 Å². The molecule has 1 amide bonds. The second-order valence-electron chi connectivity index (χ2n) is 9.92. The molecule has 0 aliphatic rings. The smallest absolute Gasteiger partial charge is 0.272 e. The van der Waals surface area contributed by atoms with Crippen molar-refractivity contribution in [1.82, 2.24) is 14.0 Å². The largest absolute Gasteiger partial charge is 0.386 e. The van der Waals surface area contributed by atoms with Crippen molar-refractivity contribution in [2.45, 2.75) is 26.4 Å². The molecule has 3 aromatic carbocycles. The van der Waals surface area contributed by atoms with Crippen LogP contribution in [0.5, 0.6) is 0 Å². The molecule has 4 N–H and O–H groups in total. The Bertz CT molecular complexity index is 1930. The molecule has 37 heavy (non-hydrogen) atoms. The number of carbonyl (C=O) groups excluding carboxylic acids is 1. The number of fused-ring (bicyclic) bond motifs is 4. The van der Waals surface area contributed by atoms with Gasteiger partial charge in [-0.25, -0.2) is 0 Å². The number of hydrogen-bond acceptors (Lipinski definition) is 3. The molecular formula is C30H26N4O3. The highest BCUT2D eigenvalue weighted by Gasteiger charge is 2.21. The lowest BCUT2D eigenvalue weighted by Crippen LogP contribution is -2.17. The second kappa shape index (κ2) is 7.94. The Hall–Kier alpha value is -4.62. The van der Waals surface area contributed by atoms with Crippen molar-refractivity contribution in [2.24, 2.45) is 5.73 Å². The van der Waals surface area contributed by atoms with E-state index in [0.29, 0.717) is 22.3 Å². The van der Waals surface area contributed by atoms with E-state index in [2.05, 4.69) is 4.98 Å². The van der Waals surface area contributed by atoms with E-state index in [0.717, 1.165) is 38.9 Å². The Morgan fingerprint density at radius 2 is 1.68 bits per heavy atom. The molecule has 7 nitrogen and oxygen atoms in total. The van der Waals surface area contributed by atoms with Gasteiger partial charge in [0.05, 0.1) is 27.8 Å². The zero-order valence-electron chi connectivity index (χ0n) is 20.7. The molecule has 0 atom stereocenters. The van der Waals surface area contributed by atoms with Crippen LogP contribution in [0.3, 0.4) is 0 Å². The summed E-state index contributed by atoms with van der Waals surface area (Å²) in [6, 6.07) is 24.9. The van der Waals surface area contributed by atoms with Crippen molar-refractivity contribution in [3.05, 3.63) is 106 Å². The number of amides is 1. The van der Waals surface area contributed by atoms with Crippen molar-refractivity contribution in [1.29, 1.82) is 0 Å². The summed E-state index contributed by atoms with van der Waals surface area (Å²) < 4.78 is 3.84. The summed E-state index contributed by atoms with van der Waals surface area (Å²) in [5.74, 6) is -0.505. The molecule has 0 saturated heterocycles. The van der Waals surface area contributed by atoms with Crippen LogP contribution in [-0.2, 0) is 5.60 Å². The van der Waals surface area contributed by atoms with Gasteiger partial charge in [-0.3, -0.25) is 9.59 Å². The van der Waals surface area contributed by atoms with Crippen LogP contribution in [0, 0.1) is 6.92 Å². The number of aliphatic hydroxyl groups is 1. The minimum atomic E-state index is -1.04. The van der Waals surface area contributed by atoms with Gasteiger partial charge in [0.1, 0.15) is 11.2 Å². The molecule has 0 fully saturated rings. The molecule has 0 aliphatic carbocycles. The molecule has 0 spiro atoms. The lowest BCUT2D eigenvalue weighted by Gasteiger charge is -2.19. The number of para-hydroxylation sites is 1. The van der Waals surface area contributed by atoms with Crippen molar-refractivity contribution in [3.63, 3.8) is 0 Å². The summed E-state index contributed by atoms with van der Waals surface area (Å²) in [5.41, 5.74) is 12.0. The van der Waals surface area contributed by atoms with Crippen LogP contribution in [0.4, 0.5) is 0 Å². The fraction of sp³-hybridized carbons (Fsp3) is 0.133. The highest BCUT2D eigenvalue weighted by molar-refractivity contribution is 5.99. The van der Waals surface area contributed by atoms with Crippen LogP contribution in [0.2, 0.25) is 0 Å². The molecule has 6 aromatic rings. The first-order valence-electron chi connectivity index (χ1n) is 12.1. The molecule has 3 aromatic heterocycles. The van der Waals surface area contributed by atoms with Gasteiger partial charge in [0.15, 0.2) is 0 Å². The van der Waals surface area contributed by atoms with E-state index in [1.807, 2.05) is 94.8 Å². The number of nitrogens with zero attached hydrogens (tertiary/aromatic N) is 2. The van der Waals surface area contributed by atoms with Gasteiger partial charge in [0.25, 0.3) is 11.5 Å². The zero-order valence-corrected chi connectivity index (χ0v) is 20.7. The highest BCUT2D eigenvalue weighted by atomic mass is 16.3. The number of hydrogen-bond donors (Lipinski definition) is 3. The third-order valence-corrected chi connectivity index (χ3v) is 7.09. The predicted octanol–water partition coefficient (Wildman–Crippen LogP) is 5.03. The van der Waals surface area contributed by atoms with Crippen LogP contribution >= 0.6 is 0 Å². The van der Waals surface area contributed by atoms with E-state index < -0.39 is 11.5 Å². The Balaban J connectivity index is 1.64. The summed E-state index contributed by atoms with van der Waals surface area (Å²) in [7, 11) is 0. The lowest BCUT2D eigenvalue weighted by molar-refractivity contribution is 0.0787. The highest BCUT2D eigenvalue weighted by Crippen LogP contribution is 2.34. The van der Waals surface area contributed by atoms with Crippen LogP contribution in [0.1, 0.15) is 35.5 Å². The first-order valence-corrected chi connectivity index (χ1v) is 12.1. The number of aromatic amines is 1. The van der Waals surface area contributed by atoms with Gasteiger partial charge in [0.2, 0.25) is 0 Å². The Morgan fingerprint density at radius 1 is 0.919 bits per heavy atom. The monoisotopic (exact) mass is 490 g/mol. The Kier molecular flexibility index (Phi) is 4.90. The molecule has 0 radical (unpaired) electrons. The number of nitrogens with one attached hydrogen (secondary N) is 1. The van der Waals surface area contributed by atoms with Crippen LogP contribution in [0.25, 0.3) is 44.4 Å². The summed E-state index contributed by atoms with van der Waals surface area (Å²) >= 11 is 0. The summed E-state index contributed by atoms with van der Waals surface area (Å²) in [4.78, 5) is 28.4. The first-order chi connectivity index (χ1) is 17.6. The van der Waals surface area contributed by atoms with E-state index >= 15 is 0 Å². The fourth-order valence-electron chi connectivity index (χ4n) is 5.22. The molecule has 0 bridgehead atoms. The predicted molar refractivity (Wildman–Crippen MR) is 146 cm³/mol. The van der Waals surface area contributed by atoms with Crippen molar-refractivity contribution in [2.75, 3.05) is 0 Å². The lowest BCUT2D eigenvalue weighted by atomic mass is 9.98. The van der Waals surface area contributed by atoms with E-state index in [1.54, 1.807) is 13.8 Å². The van der Waals surface area contributed by atoms with Gasteiger partial charge in [-0.15, -0.1) is 0 Å². The van der Waals surface area contributed by atoms with Gasteiger partial charge < -0.3 is 24.8 Å². The molecular weight excluding hydrogens is 464 g/mol. The summed E-state index contributed by atoms with van der Waals surface area (Å²) in [6.07, 6.45) is 0. The van der Waals surface area contributed by atoms with E-state index in [1.165, 1.54) is 0 Å². The molecule has 7 heteroatoms. The van der Waals surface area contributed by atoms with Gasteiger partial charge in [-0.05, 0) is 74.4 Å². The standard InChI is InChI=1S/C30H26N4O3/c1-17-20(8-6-10-22(17)33-23-9-5-4-7-18(23)15-27(33)28(31)35)24-13-14-26-29(36)32-21-16-19(30(2,3)37)11-12-25(21)34(24)26/h4-16,37H,1-3H3,(H2,31,35)(H,32,36). The van der Waals surface area contributed by atoms with Crippen molar-refractivity contribution >= 4 is 33.4 Å². The minimum absolute atomic E-state index is 0.215. The molecule has 6 rings (SSSR count). The molecule has 3 heterocycles. The van der Waals surface area contributed by atoms with E-state index in [9.17, 15) is 14.7 Å². The maximum absolute atomic E-state index is 13.0. The van der Waals surface area contributed by atoms with Gasteiger partial charge in [-0.2, -0.15) is 0 Å². The van der Waals surface area contributed by atoms with Gasteiger partial charge in [0, 0.05) is 16.6 Å². The molecule has 0 unspecified atom stereocenters. The second-order valence-corrected chi connectivity index (χ2v) is 9.92. The quantitative estimate of drug-likeness (QED) is 0.323. The first kappa shape index (κ1) is 22.8. The van der Waals surface area contributed by atoms with Crippen molar-refractivity contribution < 1.29 is 9.90 Å². The topological polar surface area (TPSA) is 106 Å². The number of primary amides is 1. The van der Waals surface area contributed by atoms with E-state index in [-0.39, 0.29) is 5.56 Å². The van der Waals surface area contributed by atoms with Gasteiger partial charge in [-0.1, -0.05) is 36.4 Å². The molecule has 184 valence electrons. The van der Waals surface area contributed by atoms with Crippen LogP contribution in [0.15, 0.2) is 83.7 Å². The molecule has 0 saturated carbocycles. The fourth-order valence-corrected chi connectivity index (χ4v) is 5.22. The van der Waals surface area contributed by atoms with Crippen LogP contribution in [-0.4, -0.2) is 25.0 Å². The third-order valence-electron chi connectivity index (χ3n) is 7.09.